The highest BCUT2D eigenvalue weighted by Gasteiger charge is 2.47. The van der Waals surface area contributed by atoms with E-state index in [4.69, 9.17) is 33.2 Å². The fourth-order valence-corrected chi connectivity index (χ4v) is 10.1. The van der Waals surface area contributed by atoms with Crippen LogP contribution in [-0.4, -0.2) is 138 Å². The van der Waals surface area contributed by atoms with Gasteiger partial charge in [-0.2, -0.15) is 0 Å². The van der Waals surface area contributed by atoms with Gasteiger partial charge in [0.15, 0.2) is 35.5 Å². The summed E-state index contributed by atoms with van der Waals surface area (Å²) in [6, 6.07) is 12.5. The number of rotatable bonds is 19. The molecule has 0 spiro atoms. The summed E-state index contributed by atoms with van der Waals surface area (Å²) in [6.45, 7) is 11.1. The number of carbonyl (C=O) groups is 8. The summed E-state index contributed by atoms with van der Waals surface area (Å²) in [7, 11) is 3.89. The van der Waals surface area contributed by atoms with Crippen LogP contribution in [0.15, 0.2) is 103 Å². The van der Waals surface area contributed by atoms with Crippen molar-refractivity contribution < 1.29 is 86.8 Å². The Morgan fingerprint density at radius 2 is 1.19 bits per heavy atom. The number of esters is 1. The Morgan fingerprint density at radius 3 is 1.68 bits per heavy atom. The number of alkyl carbamates (subject to hydrolysis) is 1. The summed E-state index contributed by atoms with van der Waals surface area (Å²) in [6.07, 6.45) is -1.59. The molecule has 4 aromatic carbocycles. The van der Waals surface area contributed by atoms with E-state index in [1.165, 1.54) is 80.5 Å². The molecule has 2 unspecified atom stereocenters. The second-order valence-corrected chi connectivity index (χ2v) is 20.6. The van der Waals surface area contributed by atoms with Crippen molar-refractivity contribution in [2.75, 3.05) is 43.1 Å². The first-order chi connectivity index (χ1) is 40.0. The molecule has 0 radical (unpaired) electrons. The lowest BCUT2D eigenvalue weighted by atomic mass is 10.0. The van der Waals surface area contributed by atoms with Crippen LogP contribution in [0.2, 0.25) is 0 Å². The lowest BCUT2D eigenvalue weighted by Gasteiger charge is -2.31. The smallest absolute Gasteiger partial charge is 0.416 e. The van der Waals surface area contributed by atoms with E-state index in [2.05, 4.69) is 22.5 Å². The van der Waals surface area contributed by atoms with E-state index in [0.717, 1.165) is 16.0 Å². The second kappa shape index (κ2) is 25.7. The molecule has 0 saturated carbocycles. The number of ether oxygens (including phenoxy) is 7. The van der Waals surface area contributed by atoms with Gasteiger partial charge in [-0.05, 0) is 98.7 Å². The largest absolute Gasteiger partial charge is 0.493 e. The van der Waals surface area contributed by atoms with E-state index in [1.807, 2.05) is 0 Å². The number of amides is 7. The minimum atomic E-state index is -1.63. The molecule has 0 saturated heterocycles. The number of carbonyl (C=O) groups excluding carboxylic acids is 7. The van der Waals surface area contributed by atoms with Crippen LogP contribution in [-0.2, 0) is 43.6 Å². The highest BCUT2D eigenvalue weighted by molar-refractivity contribution is 6.07. The zero-order valence-corrected chi connectivity index (χ0v) is 47.3. The van der Waals surface area contributed by atoms with Gasteiger partial charge in [-0.15, -0.1) is 0 Å². The zero-order valence-electron chi connectivity index (χ0n) is 47.3. The Hall–Kier alpha value is -9.62. The van der Waals surface area contributed by atoms with Crippen molar-refractivity contribution in [2.24, 2.45) is 5.92 Å². The number of benzene rings is 4. The van der Waals surface area contributed by atoms with Gasteiger partial charge in [0, 0.05) is 30.2 Å². The number of fused-ring (bicyclic) bond motifs is 4. The summed E-state index contributed by atoms with van der Waals surface area (Å²) >= 11 is 0. The SMILES string of the molecule is C=CCOC(=O)NC(C(=O)NC(C)C(=O)Nc1ccc(COC(=O)N2c3cc(OCc4cc(COc5cc6c(cc5OC)C(=O)N5C=C(C)C[C@H]5[C@H](O)N6C(=O)O)cc(C(=O)OC)c4)c(OC)cc3C(=O)N3C=C(C)C[C@H]3[C@@H]2O)cc1)C(C)C. The summed E-state index contributed by atoms with van der Waals surface area (Å²) in [4.78, 5) is 111. The number of anilines is 3. The van der Waals surface area contributed by atoms with E-state index in [0.29, 0.717) is 27.3 Å². The quantitative estimate of drug-likeness (QED) is 0.0329. The average Bonchev–Trinajstić information content (AvgIpc) is 2.03. The van der Waals surface area contributed by atoms with Crippen molar-refractivity contribution in [1.82, 2.24) is 20.4 Å². The van der Waals surface area contributed by atoms with Gasteiger partial charge in [0.05, 0.1) is 61.5 Å². The van der Waals surface area contributed by atoms with Crippen LogP contribution in [0.1, 0.15) is 95.2 Å². The zero-order chi connectivity index (χ0) is 60.8. The Kier molecular flexibility index (Phi) is 18.5. The fraction of sp³-hybridized carbons (Fsp3) is 0.356. The van der Waals surface area contributed by atoms with E-state index >= 15 is 0 Å². The van der Waals surface area contributed by atoms with Gasteiger partial charge in [-0.3, -0.25) is 19.2 Å². The maximum Gasteiger partial charge on any atom is 0.416 e. The van der Waals surface area contributed by atoms with Gasteiger partial charge >= 0.3 is 24.2 Å². The molecule has 84 heavy (non-hydrogen) atoms. The molecule has 0 aliphatic carbocycles. The van der Waals surface area contributed by atoms with Crippen LogP contribution in [0.3, 0.4) is 0 Å². The first-order valence-corrected chi connectivity index (χ1v) is 26.5. The molecule has 0 fully saturated rings. The highest BCUT2D eigenvalue weighted by Crippen LogP contribution is 2.44. The molecule has 6 N–H and O–H groups in total. The monoisotopic (exact) mass is 1160 g/mol. The molecule has 4 aliphatic heterocycles. The van der Waals surface area contributed by atoms with Crippen LogP contribution in [0.4, 0.5) is 31.4 Å². The van der Waals surface area contributed by atoms with Gasteiger partial charge < -0.3 is 74.2 Å². The lowest BCUT2D eigenvalue weighted by Crippen LogP contribution is -2.53. The predicted octanol–water partition coefficient (Wildman–Crippen LogP) is 6.56. The molecule has 25 heteroatoms. The number of hydrogen-bond acceptors (Lipinski definition) is 17. The standard InChI is InChI=1S/C59H65N7O18/c1-10-15-81-57(74)62-49(30(2)3)51(68)60-33(6)50(67)61-38-13-11-34(12-14-38)27-84-59(77)66-42-24-48(46(79-8)22-40(42)53(70)64-26-32(5)17-44(64)55(66)72)83-29-36-18-35(19-37(20-36)56(73)80-9)28-82-47-23-41-39(21-45(47)78-7)52(69)63-25-31(4)16-43(63)54(71)65(41)58(75)76/h10-14,18-26,30,33,43-44,49,54-55,71-72H,1,15-17,27-29H2,2-9H3,(H,60,68)(H,61,67)(H,62,74)(H,75,76)/t33?,43-,44-,49?,54-,55-/m0/s1. The van der Waals surface area contributed by atoms with Gasteiger partial charge in [0.25, 0.3) is 11.8 Å². The first kappa shape index (κ1) is 60.5. The van der Waals surface area contributed by atoms with E-state index in [1.54, 1.807) is 70.4 Å². The number of hydrogen-bond donors (Lipinski definition) is 6. The fourth-order valence-electron chi connectivity index (χ4n) is 10.1. The third-order valence-corrected chi connectivity index (χ3v) is 14.3. The van der Waals surface area contributed by atoms with E-state index in [-0.39, 0.29) is 96.3 Å². The lowest BCUT2D eigenvalue weighted by molar-refractivity contribution is -0.128. The molecule has 6 atom stereocenters. The first-order valence-electron chi connectivity index (χ1n) is 26.5. The number of carboxylic acid groups (broad SMARTS) is 1. The van der Waals surface area contributed by atoms with E-state index in [9.17, 15) is 53.7 Å². The molecule has 4 heterocycles. The molecular formula is C59H65N7O18. The average molecular weight is 1160 g/mol. The van der Waals surface area contributed by atoms with Gasteiger partial charge in [0.1, 0.15) is 38.5 Å². The third kappa shape index (κ3) is 12.9. The number of nitrogens with zero attached hydrogens (tertiary/aromatic N) is 4. The third-order valence-electron chi connectivity index (χ3n) is 14.3. The molecule has 7 amide bonds. The molecule has 25 nitrogen and oxygen atoms in total. The van der Waals surface area contributed by atoms with Crippen LogP contribution < -0.4 is 44.7 Å². The summed E-state index contributed by atoms with van der Waals surface area (Å²) < 4.78 is 39.6. The molecule has 4 aromatic rings. The Labute approximate surface area is 482 Å². The Balaban J connectivity index is 0.998. The Bertz CT molecular complexity index is 3340. The summed E-state index contributed by atoms with van der Waals surface area (Å²) in [5.74, 6) is -3.16. The van der Waals surface area contributed by atoms with Gasteiger partial charge in [-0.1, -0.05) is 49.8 Å². The van der Waals surface area contributed by atoms with Gasteiger partial charge in [-0.25, -0.2) is 29.0 Å². The van der Waals surface area contributed by atoms with Crippen molar-refractivity contribution in [3.05, 3.63) is 136 Å². The van der Waals surface area contributed by atoms with Crippen molar-refractivity contribution in [3.8, 4) is 23.0 Å². The van der Waals surface area contributed by atoms with Crippen LogP contribution in [0.5, 0.6) is 23.0 Å². The summed E-state index contributed by atoms with van der Waals surface area (Å²) in [5, 5.41) is 41.5. The Morgan fingerprint density at radius 1 is 0.667 bits per heavy atom. The molecular weight excluding hydrogens is 1090 g/mol. The normalized spacial score (nSPS) is 18.5. The topological polar surface area (TPSA) is 311 Å². The van der Waals surface area contributed by atoms with Crippen molar-refractivity contribution in [1.29, 1.82) is 0 Å². The molecule has 444 valence electrons. The molecule has 8 rings (SSSR count). The number of aliphatic hydroxyl groups is 2. The van der Waals surface area contributed by atoms with Crippen LogP contribution in [0.25, 0.3) is 0 Å². The maximum atomic E-state index is 14.4. The van der Waals surface area contributed by atoms with Crippen molar-refractivity contribution >= 4 is 64.9 Å². The van der Waals surface area contributed by atoms with E-state index < -0.39 is 84.5 Å². The number of methoxy groups -OCH3 is 3. The molecule has 4 aliphatic rings. The second-order valence-electron chi connectivity index (χ2n) is 20.6. The molecule has 0 aromatic heterocycles. The van der Waals surface area contributed by atoms with Crippen molar-refractivity contribution in [2.45, 2.75) is 104 Å². The minimum Gasteiger partial charge on any atom is -0.493 e. The number of aliphatic hydroxyl groups excluding tert-OH is 2. The minimum absolute atomic E-state index is 0.00481. The van der Waals surface area contributed by atoms with Gasteiger partial charge in [0.2, 0.25) is 11.8 Å². The molecule has 0 bridgehead atoms. The van der Waals surface area contributed by atoms with Crippen molar-refractivity contribution in [3.63, 3.8) is 0 Å². The van der Waals surface area contributed by atoms with Crippen LogP contribution >= 0.6 is 0 Å². The highest BCUT2D eigenvalue weighted by atomic mass is 16.6. The summed E-state index contributed by atoms with van der Waals surface area (Å²) in [5.41, 5.74) is 2.94. The van der Waals surface area contributed by atoms with Crippen LogP contribution in [0, 0.1) is 5.92 Å². The maximum absolute atomic E-state index is 14.4. The number of nitrogens with one attached hydrogen (secondary N) is 3. The predicted molar refractivity (Wildman–Crippen MR) is 300 cm³/mol.